The fraction of sp³-hybridized carbons (Fsp3) is 0.909. The maximum Gasteiger partial charge on any atom is 0.310 e. The highest BCUT2D eigenvalue weighted by molar-refractivity contribution is 7.99. The van der Waals surface area contributed by atoms with Crippen molar-refractivity contribution in [2.45, 2.75) is 43.5 Å². The van der Waals surface area contributed by atoms with E-state index < -0.39 is 0 Å². The van der Waals surface area contributed by atoms with Gasteiger partial charge in [0.05, 0.1) is 13.0 Å². The molecule has 2 saturated heterocycles. The Labute approximate surface area is 95.3 Å². The first-order chi connectivity index (χ1) is 7.26. The van der Waals surface area contributed by atoms with Crippen LogP contribution in [0, 0.1) is 5.92 Å². The first kappa shape index (κ1) is 11.3. The number of nitrogens with one attached hydrogen (secondary N) is 1. The molecule has 0 amide bonds. The highest BCUT2D eigenvalue weighted by Gasteiger charge is 2.45. The zero-order valence-electron chi connectivity index (χ0n) is 9.36. The van der Waals surface area contributed by atoms with Gasteiger partial charge in [-0.1, -0.05) is 6.92 Å². The second-order valence-corrected chi connectivity index (χ2v) is 5.83. The lowest BCUT2D eigenvalue weighted by Gasteiger charge is -2.29. The average Bonchev–Trinajstić information content (AvgIpc) is 2.60. The second kappa shape index (κ2) is 4.74. The fourth-order valence-corrected chi connectivity index (χ4v) is 3.96. The van der Waals surface area contributed by atoms with E-state index in [0.717, 1.165) is 18.6 Å². The molecular formula is C11H19NO2S. The van der Waals surface area contributed by atoms with Gasteiger partial charge in [-0.05, 0) is 25.0 Å². The second-order valence-electron chi connectivity index (χ2n) is 4.32. The fourth-order valence-electron chi connectivity index (χ4n) is 2.81. The molecule has 1 N–H and O–H groups in total. The Hall–Kier alpha value is -0.220. The summed E-state index contributed by atoms with van der Waals surface area (Å²) >= 11 is 2.02. The van der Waals surface area contributed by atoms with E-state index in [2.05, 4.69) is 12.2 Å². The molecule has 86 valence electrons. The van der Waals surface area contributed by atoms with Gasteiger partial charge in [-0.25, -0.2) is 0 Å². The van der Waals surface area contributed by atoms with E-state index in [1.807, 2.05) is 11.8 Å². The molecule has 15 heavy (non-hydrogen) atoms. The molecule has 0 aliphatic carbocycles. The molecule has 2 aliphatic heterocycles. The first-order valence-corrected chi connectivity index (χ1v) is 6.76. The third kappa shape index (κ3) is 2.16. The summed E-state index contributed by atoms with van der Waals surface area (Å²) in [5.41, 5.74) is 0. The van der Waals surface area contributed by atoms with Crippen LogP contribution in [-0.4, -0.2) is 36.2 Å². The summed E-state index contributed by atoms with van der Waals surface area (Å²) < 4.78 is 4.85. The lowest BCUT2D eigenvalue weighted by Crippen LogP contribution is -2.43. The Morgan fingerprint density at radius 1 is 1.47 bits per heavy atom. The highest BCUT2D eigenvalue weighted by atomic mass is 32.2. The van der Waals surface area contributed by atoms with Gasteiger partial charge in [-0.2, -0.15) is 11.8 Å². The third-order valence-electron chi connectivity index (χ3n) is 3.52. The molecule has 2 bridgehead atoms. The van der Waals surface area contributed by atoms with Crippen molar-refractivity contribution in [3.05, 3.63) is 0 Å². The van der Waals surface area contributed by atoms with Crippen molar-refractivity contribution in [3.63, 3.8) is 0 Å². The van der Waals surface area contributed by atoms with Gasteiger partial charge in [0.1, 0.15) is 0 Å². The number of piperidine rings is 1. The van der Waals surface area contributed by atoms with E-state index in [4.69, 9.17) is 4.74 Å². The summed E-state index contributed by atoms with van der Waals surface area (Å²) in [4.78, 5) is 11.6. The van der Waals surface area contributed by atoms with Crippen molar-refractivity contribution in [2.75, 3.05) is 12.9 Å². The van der Waals surface area contributed by atoms with Gasteiger partial charge in [0.2, 0.25) is 0 Å². The molecule has 0 aromatic carbocycles. The Balaban J connectivity index is 1.98. The number of ether oxygens (including phenoxy) is 1. The van der Waals surface area contributed by atoms with E-state index in [1.165, 1.54) is 13.5 Å². The number of fused-ring (bicyclic) bond motifs is 2. The van der Waals surface area contributed by atoms with Crippen LogP contribution >= 0.6 is 11.8 Å². The molecular weight excluding hydrogens is 210 g/mol. The molecule has 2 fully saturated rings. The summed E-state index contributed by atoms with van der Waals surface area (Å²) in [5.74, 6) is 1.23. The molecule has 0 radical (unpaired) electrons. The molecule has 4 unspecified atom stereocenters. The Kier molecular flexibility index (Phi) is 3.57. The standard InChI is InChI=1S/C11H19NO2S/c1-3-15-10-5-4-8-7(11(13)14-2)6-9(10)12-8/h7-10,12H,3-6H2,1-2H3. The summed E-state index contributed by atoms with van der Waals surface area (Å²) in [5, 5.41) is 4.26. The van der Waals surface area contributed by atoms with Gasteiger partial charge in [0.15, 0.2) is 0 Å². The van der Waals surface area contributed by atoms with Gasteiger partial charge >= 0.3 is 5.97 Å². The summed E-state index contributed by atoms with van der Waals surface area (Å²) in [6, 6.07) is 0.897. The minimum Gasteiger partial charge on any atom is -0.469 e. The molecule has 4 heteroatoms. The zero-order chi connectivity index (χ0) is 10.8. The lowest BCUT2D eigenvalue weighted by atomic mass is 9.99. The summed E-state index contributed by atoms with van der Waals surface area (Å²) in [6.07, 6.45) is 3.33. The third-order valence-corrected chi connectivity index (χ3v) is 4.84. The summed E-state index contributed by atoms with van der Waals surface area (Å²) in [6.45, 7) is 2.20. The molecule has 0 aromatic rings. The van der Waals surface area contributed by atoms with Crippen LogP contribution in [0.2, 0.25) is 0 Å². The van der Waals surface area contributed by atoms with Gasteiger partial charge in [0.25, 0.3) is 0 Å². The maximum absolute atomic E-state index is 11.6. The first-order valence-electron chi connectivity index (χ1n) is 5.71. The van der Waals surface area contributed by atoms with Crippen LogP contribution in [0.3, 0.4) is 0 Å². The maximum atomic E-state index is 11.6. The predicted octanol–water partition coefficient (Wildman–Crippen LogP) is 1.42. The molecule has 3 nitrogen and oxygen atoms in total. The monoisotopic (exact) mass is 229 g/mol. The van der Waals surface area contributed by atoms with E-state index in [0.29, 0.717) is 17.3 Å². The van der Waals surface area contributed by atoms with Crippen LogP contribution < -0.4 is 5.32 Å². The van der Waals surface area contributed by atoms with Crippen molar-refractivity contribution >= 4 is 17.7 Å². The van der Waals surface area contributed by atoms with Crippen LogP contribution in [0.15, 0.2) is 0 Å². The smallest absolute Gasteiger partial charge is 0.310 e. The Bertz CT molecular complexity index is 247. The van der Waals surface area contributed by atoms with Crippen LogP contribution in [0.5, 0.6) is 0 Å². The summed E-state index contributed by atoms with van der Waals surface area (Å²) in [7, 11) is 1.49. The number of carbonyl (C=O) groups excluding carboxylic acids is 1. The SMILES string of the molecule is CCSC1CCC2NC1CC2C(=O)OC. The molecule has 0 saturated carbocycles. The van der Waals surface area contributed by atoms with Gasteiger partial charge < -0.3 is 10.1 Å². The van der Waals surface area contributed by atoms with Crippen molar-refractivity contribution in [1.29, 1.82) is 0 Å². The number of carbonyl (C=O) groups is 1. The van der Waals surface area contributed by atoms with E-state index in [-0.39, 0.29) is 11.9 Å². The van der Waals surface area contributed by atoms with Gasteiger partial charge in [0, 0.05) is 17.3 Å². The predicted molar refractivity (Wildman–Crippen MR) is 62.0 cm³/mol. The molecule has 4 atom stereocenters. The molecule has 2 rings (SSSR count). The molecule has 0 spiro atoms. The number of methoxy groups -OCH3 is 1. The topological polar surface area (TPSA) is 38.3 Å². The normalized spacial score (nSPS) is 39.1. The van der Waals surface area contributed by atoms with Crippen molar-refractivity contribution < 1.29 is 9.53 Å². The van der Waals surface area contributed by atoms with Crippen molar-refractivity contribution in [1.82, 2.24) is 5.32 Å². The molecule has 2 heterocycles. The van der Waals surface area contributed by atoms with Crippen LogP contribution in [-0.2, 0) is 9.53 Å². The largest absolute Gasteiger partial charge is 0.469 e. The molecule has 0 aromatic heterocycles. The highest BCUT2D eigenvalue weighted by Crippen LogP contribution is 2.37. The Morgan fingerprint density at radius 2 is 2.27 bits per heavy atom. The van der Waals surface area contributed by atoms with E-state index in [1.54, 1.807) is 0 Å². The van der Waals surface area contributed by atoms with E-state index >= 15 is 0 Å². The zero-order valence-corrected chi connectivity index (χ0v) is 10.2. The number of hydrogen-bond donors (Lipinski definition) is 1. The number of esters is 1. The van der Waals surface area contributed by atoms with Crippen LogP contribution in [0.4, 0.5) is 0 Å². The Morgan fingerprint density at radius 3 is 2.93 bits per heavy atom. The van der Waals surface area contributed by atoms with Crippen LogP contribution in [0.25, 0.3) is 0 Å². The molecule has 2 aliphatic rings. The minimum absolute atomic E-state index is 0.0304. The number of rotatable bonds is 3. The van der Waals surface area contributed by atoms with Gasteiger partial charge in [-0.3, -0.25) is 4.79 Å². The quantitative estimate of drug-likeness (QED) is 0.743. The lowest BCUT2D eigenvalue weighted by molar-refractivity contribution is -0.145. The average molecular weight is 229 g/mol. The van der Waals surface area contributed by atoms with Crippen LogP contribution in [0.1, 0.15) is 26.2 Å². The van der Waals surface area contributed by atoms with Gasteiger partial charge in [-0.15, -0.1) is 0 Å². The van der Waals surface area contributed by atoms with E-state index in [9.17, 15) is 4.79 Å². The van der Waals surface area contributed by atoms with Crippen molar-refractivity contribution in [2.24, 2.45) is 5.92 Å². The number of thioether (sulfide) groups is 1. The van der Waals surface area contributed by atoms with Crippen molar-refractivity contribution in [3.8, 4) is 0 Å². The number of hydrogen-bond acceptors (Lipinski definition) is 4. The minimum atomic E-state index is -0.0304.